The number of pyridine rings is 1. The number of amides is 2. The lowest BCUT2D eigenvalue weighted by Gasteiger charge is -2.43. The molecule has 1 aromatic carbocycles. The number of aliphatic hydroxyl groups excluding tert-OH is 1. The third-order valence-corrected chi connectivity index (χ3v) is 6.57. The van der Waals surface area contributed by atoms with Crippen molar-refractivity contribution in [3.05, 3.63) is 53.2 Å². The highest BCUT2D eigenvalue weighted by atomic mass is 35.5. The quantitative estimate of drug-likeness (QED) is 0.505. The van der Waals surface area contributed by atoms with E-state index in [1.165, 1.54) is 18.3 Å². The highest BCUT2D eigenvalue weighted by molar-refractivity contribution is 6.31. The first-order valence-electron chi connectivity index (χ1n) is 10.2. The number of halogens is 2. The number of hydrogen-bond acceptors (Lipinski definition) is 4. The SMILES string of the molecule is CC(C)(C1CCN(C(=O)Nc2ccc(F)nc2)CC1)C(O)c1cc(Cl)cc2cn[nH]c12. The molecule has 0 spiro atoms. The van der Waals surface area contributed by atoms with Crippen molar-refractivity contribution in [2.75, 3.05) is 18.4 Å². The van der Waals surface area contributed by atoms with Gasteiger partial charge in [-0.3, -0.25) is 5.10 Å². The van der Waals surface area contributed by atoms with Crippen molar-refractivity contribution in [2.24, 2.45) is 11.3 Å². The Hall–Kier alpha value is -2.71. The minimum Gasteiger partial charge on any atom is -0.388 e. The third kappa shape index (κ3) is 4.36. The number of carbonyl (C=O) groups is 1. The predicted molar refractivity (Wildman–Crippen MR) is 117 cm³/mol. The molecule has 31 heavy (non-hydrogen) atoms. The summed E-state index contributed by atoms with van der Waals surface area (Å²) in [5, 5.41) is 22.5. The first kappa shape index (κ1) is 21.5. The van der Waals surface area contributed by atoms with E-state index in [0.29, 0.717) is 23.8 Å². The Balaban J connectivity index is 1.42. The van der Waals surface area contributed by atoms with E-state index in [9.17, 15) is 14.3 Å². The number of aromatic amines is 1. The number of rotatable bonds is 4. The van der Waals surface area contributed by atoms with Crippen molar-refractivity contribution in [2.45, 2.75) is 32.8 Å². The van der Waals surface area contributed by atoms with Crippen LogP contribution in [0.4, 0.5) is 14.9 Å². The van der Waals surface area contributed by atoms with Crippen LogP contribution in [0, 0.1) is 17.3 Å². The molecule has 4 rings (SSSR count). The number of benzene rings is 1. The number of nitrogens with one attached hydrogen (secondary N) is 2. The molecular formula is C22H25ClFN5O2. The van der Waals surface area contributed by atoms with Gasteiger partial charge in [-0.2, -0.15) is 9.49 Å². The van der Waals surface area contributed by atoms with Gasteiger partial charge in [-0.05, 0) is 48.4 Å². The fraction of sp³-hybridized carbons (Fsp3) is 0.409. The van der Waals surface area contributed by atoms with E-state index in [1.54, 1.807) is 17.2 Å². The Morgan fingerprint density at radius 2 is 2.06 bits per heavy atom. The lowest BCUT2D eigenvalue weighted by atomic mass is 9.68. The minimum atomic E-state index is -0.746. The maximum atomic E-state index is 12.9. The first-order chi connectivity index (χ1) is 14.8. The summed E-state index contributed by atoms with van der Waals surface area (Å²) in [4.78, 5) is 17.8. The van der Waals surface area contributed by atoms with Crippen LogP contribution in [0.3, 0.4) is 0 Å². The number of piperidine rings is 1. The van der Waals surface area contributed by atoms with Gasteiger partial charge in [-0.1, -0.05) is 25.4 Å². The average molecular weight is 446 g/mol. The van der Waals surface area contributed by atoms with Gasteiger partial charge in [0.15, 0.2) is 0 Å². The Bertz CT molecular complexity index is 1080. The van der Waals surface area contributed by atoms with Gasteiger partial charge >= 0.3 is 6.03 Å². The molecule has 164 valence electrons. The molecule has 2 aromatic heterocycles. The summed E-state index contributed by atoms with van der Waals surface area (Å²) in [7, 11) is 0. The Kier molecular flexibility index (Phi) is 5.85. The van der Waals surface area contributed by atoms with Gasteiger partial charge < -0.3 is 15.3 Å². The van der Waals surface area contributed by atoms with E-state index in [2.05, 4.69) is 20.5 Å². The van der Waals surface area contributed by atoms with Gasteiger partial charge in [0.25, 0.3) is 0 Å². The largest absolute Gasteiger partial charge is 0.388 e. The zero-order valence-electron chi connectivity index (χ0n) is 17.4. The minimum absolute atomic E-state index is 0.205. The van der Waals surface area contributed by atoms with E-state index in [4.69, 9.17) is 11.6 Å². The molecule has 3 aromatic rings. The molecule has 7 nitrogen and oxygen atoms in total. The third-order valence-electron chi connectivity index (χ3n) is 6.36. The summed E-state index contributed by atoms with van der Waals surface area (Å²) in [6.45, 7) is 5.23. The van der Waals surface area contributed by atoms with Crippen LogP contribution >= 0.6 is 11.6 Å². The van der Waals surface area contributed by atoms with Gasteiger partial charge in [0.2, 0.25) is 5.95 Å². The maximum Gasteiger partial charge on any atom is 0.321 e. The lowest BCUT2D eigenvalue weighted by molar-refractivity contribution is -0.0138. The number of nitrogens with zero attached hydrogens (tertiary/aromatic N) is 3. The van der Waals surface area contributed by atoms with Crippen molar-refractivity contribution in [1.82, 2.24) is 20.1 Å². The second kappa shape index (κ2) is 8.43. The van der Waals surface area contributed by atoms with E-state index in [0.717, 1.165) is 29.3 Å². The summed E-state index contributed by atoms with van der Waals surface area (Å²) >= 11 is 6.26. The number of anilines is 1. The monoisotopic (exact) mass is 445 g/mol. The van der Waals surface area contributed by atoms with E-state index in [-0.39, 0.29) is 11.9 Å². The molecule has 0 saturated carbocycles. The standard InChI is InChI=1S/C22H25ClFN5O2/c1-22(2,20(30)17-10-15(23)9-13-11-26-28-19(13)17)14-5-7-29(8-6-14)21(31)27-16-3-4-18(24)25-12-16/h3-4,9-12,14,20,30H,5-8H2,1-2H3,(H,26,28)(H,27,31). The predicted octanol–water partition coefficient (Wildman–Crippen LogP) is 4.75. The summed E-state index contributed by atoms with van der Waals surface area (Å²) in [5.41, 5.74) is 1.53. The summed E-state index contributed by atoms with van der Waals surface area (Å²) in [5.74, 6) is -0.386. The van der Waals surface area contributed by atoms with Crippen molar-refractivity contribution >= 4 is 34.2 Å². The Labute approximate surface area is 184 Å². The summed E-state index contributed by atoms with van der Waals surface area (Å²) in [6.07, 6.45) is 3.75. The number of aliphatic hydroxyl groups is 1. The molecule has 3 heterocycles. The number of H-pyrrole nitrogens is 1. The second-order valence-corrected chi connectivity index (χ2v) is 9.05. The average Bonchev–Trinajstić information content (AvgIpc) is 3.22. The highest BCUT2D eigenvalue weighted by Gasteiger charge is 2.40. The number of urea groups is 1. The molecule has 1 unspecified atom stereocenters. The van der Waals surface area contributed by atoms with Gasteiger partial charge in [0.05, 0.1) is 29.7 Å². The number of aromatic nitrogens is 3. The van der Waals surface area contributed by atoms with E-state index < -0.39 is 17.5 Å². The van der Waals surface area contributed by atoms with Gasteiger partial charge in [0.1, 0.15) is 0 Å². The molecule has 0 radical (unpaired) electrons. The summed E-state index contributed by atoms with van der Waals surface area (Å²) < 4.78 is 12.9. The van der Waals surface area contributed by atoms with E-state index >= 15 is 0 Å². The molecule has 0 aliphatic carbocycles. The molecule has 1 atom stereocenters. The van der Waals surface area contributed by atoms with Crippen LogP contribution in [0.5, 0.6) is 0 Å². The van der Waals surface area contributed by atoms with Crippen LogP contribution in [0.2, 0.25) is 5.02 Å². The molecule has 1 fully saturated rings. The molecule has 1 saturated heterocycles. The molecule has 3 N–H and O–H groups in total. The number of fused-ring (bicyclic) bond motifs is 1. The van der Waals surface area contributed by atoms with Gasteiger partial charge in [-0.15, -0.1) is 0 Å². The molecule has 1 aliphatic rings. The molecule has 9 heteroatoms. The van der Waals surface area contributed by atoms with E-state index in [1.807, 2.05) is 19.9 Å². The zero-order chi connectivity index (χ0) is 22.2. The maximum absolute atomic E-state index is 12.9. The second-order valence-electron chi connectivity index (χ2n) is 8.61. The molecule has 1 aliphatic heterocycles. The highest BCUT2D eigenvalue weighted by Crippen LogP contribution is 2.46. The van der Waals surface area contributed by atoms with Crippen LogP contribution in [0.1, 0.15) is 38.4 Å². The fourth-order valence-corrected chi connectivity index (χ4v) is 4.60. The van der Waals surface area contributed by atoms with Crippen molar-refractivity contribution in [3.8, 4) is 0 Å². The van der Waals surface area contributed by atoms with Crippen LogP contribution < -0.4 is 5.32 Å². The fourth-order valence-electron chi connectivity index (χ4n) is 4.37. The van der Waals surface area contributed by atoms with Crippen LogP contribution in [-0.2, 0) is 0 Å². The van der Waals surface area contributed by atoms with Crippen molar-refractivity contribution in [1.29, 1.82) is 0 Å². The normalized spacial score (nSPS) is 16.5. The van der Waals surface area contributed by atoms with Crippen molar-refractivity contribution in [3.63, 3.8) is 0 Å². The number of carbonyl (C=O) groups excluding carboxylic acids is 1. The Morgan fingerprint density at radius 3 is 2.74 bits per heavy atom. The first-order valence-corrected chi connectivity index (χ1v) is 10.6. The van der Waals surface area contributed by atoms with Crippen LogP contribution in [-0.4, -0.2) is 44.3 Å². The van der Waals surface area contributed by atoms with Crippen LogP contribution in [0.15, 0.2) is 36.7 Å². The van der Waals surface area contributed by atoms with Gasteiger partial charge in [0, 0.05) is 29.1 Å². The number of likely N-dealkylation sites (tertiary alicyclic amines) is 1. The smallest absolute Gasteiger partial charge is 0.321 e. The Morgan fingerprint density at radius 1 is 1.32 bits per heavy atom. The lowest BCUT2D eigenvalue weighted by Crippen LogP contribution is -2.45. The molecule has 2 amide bonds. The molecule has 0 bridgehead atoms. The molecular weight excluding hydrogens is 421 g/mol. The summed E-state index contributed by atoms with van der Waals surface area (Å²) in [6, 6.07) is 6.05. The van der Waals surface area contributed by atoms with Crippen LogP contribution in [0.25, 0.3) is 10.9 Å². The van der Waals surface area contributed by atoms with Gasteiger partial charge in [-0.25, -0.2) is 9.78 Å². The zero-order valence-corrected chi connectivity index (χ0v) is 18.2. The topological polar surface area (TPSA) is 94.1 Å². The number of hydrogen-bond donors (Lipinski definition) is 3. The van der Waals surface area contributed by atoms with Crippen molar-refractivity contribution < 1.29 is 14.3 Å².